The number of carbonyl (C=O) groups is 1. The number of phenolic OH excluding ortho intramolecular Hbond substituents is 1. The van der Waals surface area contributed by atoms with Gasteiger partial charge < -0.3 is 14.7 Å². The van der Waals surface area contributed by atoms with E-state index in [1.54, 1.807) is 31.2 Å². The van der Waals surface area contributed by atoms with E-state index < -0.39 is 0 Å². The van der Waals surface area contributed by atoms with Crippen molar-refractivity contribution in [3.63, 3.8) is 0 Å². The van der Waals surface area contributed by atoms with Crippen molar-refractivity contribution in [2.45, 2.75) is 11.8 Å². The van der Waals surface area contributed by atoms with Gasteiger partial charge in [-0.15, -0.1) is 0 Å². The Bertz CT molecular complexity index is 423. The lowest BCUT2D eigenvalue weighted by atomic mass is 10.1. The van der Waals surface area contributed by atoms with Crippen LogP contribution in [-0.4, -0.2) is 48.0 Å². The number of amides is 1. The SMILES string of the molecule is COCC(Br)CN(C)C(=O)c1ccc(O)cc1C. The first-order valence-electron chi connectivity index (χ1n) is 5.63. The first-order chi connectivity index (χ1) is 8.45. The molecule has 0 saturated heterocycles. The van der Waals surface area contributed by atoms with Crippen molar-refractivity contribution in [1.29, 1.82) is 0 Å². The predicted molar refractivity (Wildman–Crippen MR) is 74.4 cm³/mol. The summed E-state index contributed by atoms with van der Waals surface area (Å²) >= 11 is 3.45. The number of aryl methyl sites for hydroxylation is 1. The number of hydrogen-bond acceptors (Lipinski definition) is 3. The predicted octanol–water partition coefficient (Wildman–Crippen LogP) is 2.18. The van der Waals surface area contributed by atoms with Crippen LogP contribution in [0.2, 0.25) is 0 Å². The van der Waals surface area contributed by atoms with E-state index in [0.29, 0.717) is 18.7 Å². The average molecular weight is 316 g/mol. The van der Waals surface area contributed by atoms with Crippen molar-refractivity contribution in [1.82, 2.24) is 4.90 Å². The molecule has 1 aromatic rings. The fourth-order valence-corrected chi connectivity index (χ4v) is 2.41. The van der Waals surface area contributed by atoms with Crippen LogP contribution in [0.1, 0.15) is 15.9 Å². The highest BCUT2D eigenvalue weighted by atomic mass is 79.9. The third-order valence-electron chi connectivity index (χ3n) is 2.61. The molecule has 0 fully saturated rings. The minimum atomic E-state index is -0.0620. The van der Waals surface area contributed by atoms with Crippen LogP contribution in [0.25, 0.3) is 0 Å². The van der Waals surface area contributed by atoms with Gasteiger partial charge in [0.15, 0.2) is 0 Å². The molecule has 100 valence electrons. The molecule has 4 nitrogen and oxygen atoms in total. The molecule has 0 spiro atoms. The number of phenols is 1. The minimum Gasteiger partial charge on any atom is -0.508 e. The molecule has 1 amide bonds. The van der Waals surface area contributed by atoms with Gasteiger partial charge in [0.25, 0.3) is 5.91 Å². The van der Waals surface area contributed by atoms with Crippen LogP contribution in [0.3, 0.4) is 0 Å². The monoisotopic (exact) mass is 315 g/mol. The van der Waals surface area contributed by atoms with Crippen LogP contribution >= 0.6 is 15.9 Å². The average Bonchev–Trinajstić information content (AvgIpc) is 2.28. The highest BCUT2D eigenvalue weighted by molar-refractivity contribution is 9.09. The highest BCUT2D eigenvalue weighted by Crippen LogP contribution is 2.17. The van der Waals surface area contributed by atoms with E-state index in [0.717, 1.165) is 5.56 Å². The van der Waals surface area contributed by atoms with Crippen molar-refractivity contribution in [2.75, 3.05) is 27.3 Å². The first kappa shape index (κ1) is 15.0. The summed E-state index contributed by atoms with van der Waals surface area (Å²) in [5.74, 6) is 0.109. The first-order valence-corrected chi connectivity index (χ1v) is 6.55. The third kappa shape index (κ3) is 3.99. The topological polar surface area (TPSA) is 49.8 Å². The fraction of sp³-hybridized carbons (Fsp3) is 0.462. The summed E-state index contributed by atoms with van der Waals surface area (Å²) in [5.41, 5.74) is 1.37. The number of benzene rings is 1. The molecule has 18 heavy (non-hydrogen) atoms. The molecular formula is C13H18BrNO3. The third-order valence-corrected chi connectivity index (χ3v) is 3.16. The molecule has 1 atom stereocenters. The Labute approximate surface area is 116 Å². The Morgan fingerprint density at radius 2 is 2.22 bits per heavy atom. The van der Waals surface area contributed by atoms with Gasteiger partial charge in [0.1, 0.15) is 5.75 Å². The van der Waals surface area contributed by atoms with E-state index in [2.05, 4.69) is 15.9 Å². The Morgan fingerprint density at radius 1 is 1.56 bits per heavy atom. The lowest BCUT2D eigenvalue weighted by Gasteiger charge is -2.21. The smallest absolute Gasteiger partial charge is 0.253 e. The number of aromatic hydroxyl groups is 1. The number of methoxy groups -OCH3 is 1. The van der Waals surface area contributed by atoms with Gasteiger partial charge in [-0.05, 0) is 30.7 Å². The number of alkyl halides is 1. The largest absolute Gasteiger partial charge is 0.508 e. The second kappa shape index (κ2) is 6.75. The molecule has 1 N–H and O–H groups in total. The number of nitrogens with zero attached hydrogens (tertiary/aromatic N) is 1. The summed E-state index contributed by atoms with van der Waals surface area (Å²) in [5, 5.41) is 9.32. The molecule has 0 aromatic heterocycles. The number of ether oxygens (including phenoxy) is 1. The number of hydrogen-bond donors (Lipinski definition) is 1. The number of rotatable bonds is 5. The Balaban J connectivity index is 2.74. The van der Waals surface area contributed by atoms with E-state index >= 15 is 0 Å². The van der Waals surface area contributed by atoms with Crippen LogP contribution < -0.4 is 0 Å². The quantitative estimate of drug-likeness (QED) is 0.847. The molecule has 5 heteroatoms. The zero-order valence-electron chi connectivity index (χ0n) is 10.8. The molecule has 1 rings (SSSR count). The van der Waals surface area contributed by atoms with E-state index in [9.17, 15) is 9.90 Å². The van der Waals surface area contributed by atoms with Gasteiger partial charge in [-0.3, -0.25) is 4.79 Å². The summed E-state index contributed by atoms with van der Waals surface area (Å²) in [6, 6.07) is 4.75. The van der Waals surface area contributed by atoms with Crippen LogP contribution in [0, 0.1) is 6.92 Å². The van der Waals surface area contributed by atoms with Crippen molar-refractivity contribution in [3.05, 3.63) is 29.3 Å². The lowest BCUT2D eigenvalue weighted by Crippen LogP contribution is -2.34. The van der Waals surface area contributed by atoms with Gasteiger partial charge in [0.2, 0.25) is 0 Å². The van der Waals surface area contributed by atoms with Crippen LogP contribution in [-0.2, 0) is 4.74 Å². The van der Waals surface area contributed by atoms with Crippen LogP contribution in [0.4, 0.5) is 0 Å². The number of halogens is 1. The maximum Gasteiger partial charge on any atom is 0.253 e. The molecule has 0 heterocycles. The molecule has 0 aliphatic rings. The minimum absolute atomic E-state index is 0.0620. The molecular weight excluding hydrogens is 298 g/mol. The number of carbonyl (C=O) groups excluding carboxylic acids is 1. The molecule has 0 aliphatic heterocycles. The van der Waals surface area contributed by atoms with Crippen LogP contribution in [0.15, 0.2) is 18.2 Å². The maximum absolute atomic E-state index is 12.2. The Morgan fingerprint density at radius 3 is 2.78 bits per heavy atom. The van der Waals surface area contributed by atoms with Gasteiger partial charge in [0.05, 0.1) is 11.4 Å². The maximum atomic E-state index is 12.2. The second-order valence-corrected chi connectivity index (χ2v) is 5.53. The summed E-state index contributed by atoms with van der Waals surface area (Å²) in [4.78, 5) is 13.9. The zero-order valence-corrected chi connectivity index (χ0v) is 12.4. The summed E-state index contributed by atoms with van der Waals surface area (Å²) < 4.78 is 5.01. The van der Waals surface area contributed by atoms with Gasteiger partial charge in [-0.1, -0.05) is 15.9 Å². The van der Waals surface area contributed by atoms with Crippen molar-refractivity contribution >= 4 is 21.8 Å². The second-order valence-electron chi connectivity index (χ2n) is 4.24. The summed E-state index contributed by atoms with van der Waals surface area (Å²) in [6.07, 6.45) is 0. The molecule has 0 radical (unpaired) electrons. The molecule has 1 aromatic carbocycles. The zero-order chi connectivity index (χ0) is 13.7. The van der Waals surface area contributed by atoms with Crippen molar-refractivity contribution in [2.24, 2.45) is 0 Å². The normalized spacial score (nSPS) is 12.2. The lowest BCUT2D eigenvalue weighted by molar-refractivity contribution is 0.0783. The Hall–Kier alpha value is -1.07. The van der Waals surface area contributed by atoms with Gasteiger partial charge in [-0.2, -0.15) is 0 Å². The van der Waals surface area contributed by atoms with E-state index in [1.165, 1.54) is 6.07 Å². The van der Waals surface area contributed by atoms with Gasteiger partial charge in [0, 0.05) is 26.3 Å². The van der Waals surface area contributed by atoms with Gasteiger partial charge >= 0.3 is 0 Å². The summed E-state index contributed by atoms with van der Waals surface area (Å²) in [7, 11) is 3.37. The van der Waals surface area contributed by atoms with E-state index in [1.807, 2.05) is 6.92 Å². The fourth-order valence-electron chi connectivity index (χ4n) is 1.71. The Kier molecular flexibility index (Phi) is 5.62. The van der Waals surface area contributed by atoms with Crippen molar-refractivity contribution < 1.29 is 14.6 Å². The standard InChI is InChI=1S/C13H18BrNO3/c1-9-6-11(16)4-5-12(9)13(17)15(2)7-10(14)8-18-3/h4-6,10,16H,7-8H2,1-3H3. The van der Waals surface area contributed by atoms with Crippen LogP contribution in [0.5, 0.6) is 5.75 Å². The van der Waals surface area contributed by atoms with Gasteiger partial charge in [-0.25, -0.2) is 0 Å². The van der Waals surface area contributed by atoms with E-state index in [-0.39, 0.29) is 16.5 Å². The van der Waals surface area contributed by atoms with E-state index in [4.69, 9.17) is 4.74 Å². The molecule has 0 aliphatic carbocycles. The summed E-state index contributed by atoms with van der Waals surface area (Å²) in [6.45, 7) is 2.92. The highest BCUT2D eigenvalue weighted by Gasteiger charge is 2.17. The molecule has 1 unspecified atom stereocenters. The van der Waals surface area contributed by atoms with Crippen molar-refractivity contribution in [3.8, 4) is 5.75 Å². The molecule has 0 bridgehead atoms. The molecule has 0 saturated carbocycles.